The first-order valence-corrected chi connectivity index (χ1v) is 6.38. The maximum absolute atomic E-state index is 11.6. The first-order chi connectivity index (χ1) is 8.17. The second kappa shape index (κ2) is 3.70. The molecular formula is C12H18N2O3. The van der Waals surface area contributed by atoms with Gasteiger partial charge in [0, 0.05) is 25.2 Å². The lowest BCUT2D eigenvalue weighted by Crippen LogP contribution is -2.57. The molecule has 1 aliphatic heterocycles. The first-order valence-electron chi connectivity index (χ1n) is 6.38. The molecule has 1 N–H and O–H groups in total. The first kappa shape index (κ1) is 11.0. The topological polar surface area (TPSA) is 60.9 Å². The molecule has 1 unspecified atom stereocenters. The fraction of sp³-hybridized carbons (Fsp3) is 0.833. The summed E-state index contributed by atoms with van der Waals surface area (Å²) >= 11 is 0. The molecule has 94 valence electrons. The smallest absolute Gasteiger partial charge is 0.331 e. The van der Waals surface area contributed by atoms with Gasteiger partial charge in [-0.15, -0.1) is 0 Å². The van der Waals surface area contributed by atoms with Gasteiger partial charge in [0.1, 0.15) is 0 Å². The Balaban J connectivity index is 1.82. The van der Waals surface area contributed by atoms with Gasteiger partial charge in [0.25, 0.3) is 0 Å². The summed E-state index contributed by atoms with van der Waals surface area (Å²) in [4.78, 5) is 26.7. The largest absolute Gasteiger partial charge is 0.479 e. The van der Waals surface area contributed by atoms with E-state index < -0.39 is 11.5 Å². The molecule has 17 heavy (non-hydrogen) atoms. The summed E-state index contributed by atoms with van der Waals surface area (Å²) in [7, 11) is 0. The number of likely N-dealkylation sites (tertiary alicyclic amines) is 1. The number of aliphatic carboxylic acids is 1. The third-order valence-corrected chi connectivity index (χ3v) is 4.29. The van der Waals surface area contributed by atoms with Gasteiger partial charge < -0.3 is 10.0 Å². The normalized spacial score (nSPS) is 33.6. The zero-order valence-electron chi connectivity index (χ0n) is 9.84. The van der Waals surface area contributed by atoms with E-state index in [2.05, 4.69) is 4.90 Å². The van der Waals surface area contributed by atoms with Crippen molar-refractivity contribution in [2.45, 2.75) is 49.7 Å². The highest BCUT2D eigenvalue weighted by Gasteiger charge is 2.55. The highest BCUT2D eigenvalue weighted by molar-refractivity contribution is 5.82. The highest BCUT2D eigenvalue weighted by atomic mass is 16.4. The minimum absolute atomic E-state index is 0.169. The van der Waals surface area contributed by atoms with E-state index in [0.29, 0.717) is 19.0 Å². The summed E-state index contributed by atoms with van der Waals surface area (Å²) in [6, 6.07) is 0.742. The number of amides is 1. The quantitative estimate of drug-likeness (QED) is 0.700. The number of hydrogen-bond acceptors (Lipinski definition) is 3. The van der Waals surface area contributed by atoms with Crippen molar-refractivity contribution in [3.05, 3.63) is 0 Å². The number of carbonyl (C=O) groups excluding carboxylic acids is 1. The molecular weight excluding hydrogens is 220 g/mol. The van der Waals surface area contributed by atoms with E-state index in [0.717, 1.165) is 25.8 Å². The molecule has 5 heteroatoms. The van der Waals surface area contributed by atoms with E-state index in [1.165, 1.54) is 12.8 Å². The van der Waals surface area contributed by atoms with Gasteiger partial charge in [-0.1, -0.05) is 0 Å². The Hall–Kier alpha value is -1.10. The fourth-order valence-electron chi connectivity index (χ4n) is 2.96. The van der Waals surface area contributed by atoms with Crippen LogP contribution in [0, 0.1) is 0 Å². The monoisotopic (exact) mass is 238 g/mol. The van der Waals surface area contributed by atoms with Gasteiger partial charge in [-0.3, -0.25) is 9.69 Å². The van der Waals surface area contributed by atoms with Crippen LogP contribution in [0.1, 0.15) is 32.1 Å². The van der Waals surface area contributed by atoms with Crippen molar-refractivity contribution >= 4 is 12.4 Å². The van der Waals surface area contributed by atoms with E-state index in [1.54, 1.807) is 4.90 Å². The summed E-state index contributed by atoms with van der Waals surface area (Å²) in [6.45, 7) is 1.33. The predicted octanol–water partition coefficient (Wildman–Crippen LogP) is 0.299. The SMILES string of the molecule is O=CN(C1CC1)C1(C(=O)O)CCN(C2CC2)C1. The average Bonchev–Trinajstić information content (AvgIpc) is 3.19. The molecule has 0 radical (unpaired) electrons. The van der Waals surface area contributed by atoms with E-state index in [9.17, 15) is 14.7 Å². The van der Waals surface area contributed by atoms with E-state index in [1.807, 2.05) is 0 Å². The highest BCUT2D eigenvalue weighted by Crippen LogP contribution is 2.40. The average molecular weight is 238 g/mol. The van der Waals surface area contributed by atoms with E-state index in [-0.39, 0.29) is 6.04 Å². The van der Waals surface area contributed by atoms with Crippen LogP contribution < -0.4 is 0 Å². The summed E-state index contributed by atoms with van der Waals surface area (Å²) in [6.07, 6.45) is 5.60. The molecule has 1 heterocycles. The zero-order valence-corrected chi connectivity index (χ0v) is 9.84. The summed E-state index contributed by atoms with van der Waals surface area (Å²) in [5.74, 6) is -0.834. The Morgan fingerprint density at radius 1 is 1.35 bits per heavy atom. The van der Waals surface area contributed by atoms with E-state index in [4.69, 9.17) is 0 Å². The number of carbonyl (C=O) groups is 2. The van der Waals surface area contributed by atoms with Gasteiger partial charge in [0.05, 0.1) is 0 Å². The van der Waals surface area contributed by atoms with Crippen LogP contribution in [0.15, 0.2) is 0 Å². The van der Waals surface area contributed by atoms with Gasteiger partial charge in [-0.2, -0.15) is 0 Å². The van der Waals surface area contributed by atoms with Gasteiger partial charge >= 0.3 is 5.97 Å². The molecule has 0 bridgehead atoms. The Kier molecular flexibility index (Phi) is 2.40. The maximum Gasteiger partial charge on any atom is 0.331 e. The molecule has 0 aromatic heterocycles. The lowest BCUT2D eigenvalue weighted by atomic mass is 9.96. The number of nitrogens with zero attached hydrogens (tertiary/aromatic N) is 2. The Bertz CT molecular complexity index is 352. The fourth-order valence-corrected chi connectivity index (χ4v) is 2.96. The van der Waals surface area contributed by atoms with Crippen LogP contribution in [0.3, 0.4) is 0 Å². The zero-order chi connectivity index (χ0) is 12.0. The summed E-state index contributed by atoms with van der Waals surface area (Å²) in [5.41, 5.74) is -0.953. The van der Waals surface area contributed by atoms with Crippen LogP contribution in [-0.2, 0) is 9.59 Å². The Labute approximate surface area is 100 Å². The van der Waals surface area contributed by atoms with Crippen LogP contribution in [0.4, 0.5) is 0 Å². The lowest BCUT2D eigenvalue weighted by Gasteiger charge is -2.35. The van der Waals surface area contributed by atoms with Crippen molar-refractivity contribution in [1.82, 2.24) is 9.80 Å². The standard InChI is InChI=1S/C12H18N2O3/c15-8-14(10-3-4-10)12(11(16)17)5-6-13(7-12)9-1-2-9/h8-10H,1-7H2,(H,16,17). The van der Waals surface area contributed by atoms with Crippen molar-refractivity contribution < 1.29 is 14.7 Å². The van der Waals surface area contributed by atoms with Crippen molar-refractivity contribution in [2.75, 3.05) is 13.1 Å². The number of rotatable bonds is 5. The third kappa shape index (κ3) is 1.73. The Morgan fingerprint density at radius 3 is 2.53 bits per heavy atom. The molecule has 0 spiro atoms. The number of carboxylic acids is 1. The van der Waals surface area contributed by atoms with Gasteiger partial charge in [-0.05, 0) is 32.1 Å². The second-order valence-electron chi connectivity index (χ2n) is 5.53. The van der Waals surface area contributed by atoms with Crippen molar-refractivity contribution in [3.8, 4) is 0 Å². The molecule has 2 aliphatic carbocycles. The maximum atomic E-state index is 11.6. The van der Waals surface area contributed by atoms with Gasteiger partial charge in [0.2, 0.25) is 6.41 Å². The number of carboxylic acid groups (broad SMARTS) is 1. The molecule has 3 fully saturated rings. The minimum atomic E-state index is -0.953. The van der Waals surface area contributed by atoms with Crippen LogP contribution in [0.2, 0.25) is 0 Å². The molecule has 3 rings (SSSR count). The molecule has 1 atom stereocenters. The molecule has 1 amide bonds. The second-order valence-corrected chi connectivity index (χ2v) is 5.53. The van der Waals surface area contributed by atoms with E-state index >= 15 is 0 Å². The third-order valence-electron chi connectivity index (χ3n) is 4.29. The molecule has 0 aromatic rings. The van der Waals surface area contributed by atoms with Gasteiger partial charge in [0.15, 0.2) is 5.54 Å². The predicted molar refractivity (Wildman–Crippen MR) is 60.5 cm³/mol. The summed E-state index contributed by atoms with van der Waals surface area (Å²) < 4.78 is 0. The molecule has 3 aliphatic rings. The van der Waals surface area contributed by atoms with Crippen LogP contribution >= 0.6 is 0 Å². The summed E-state index contributed by atoms with van der Waals surface area (Å²) in [5, 5.41) is 9.53. The van der Waals surface area contributed by atoms with Crippen molar-refractivity contribution in [2.24, 2.45) is 0 Å². The van der Waals surface area contributed by atoms with Gasteiger partial charge in [-0.25, -0.2) is 4.79 Å². The molecule has 1 saturated heterocycles. The van der Waals surface area contributed by atoms with Crippen molar-refractivity contribution in [1.29, 1.82) is 0 Å². The van der Waals surface area contributed by atoms with Crippen LogP contribution in [-0.4, -0.2) is 58.0 Å². The van der Waals surface area contributed by atoms with Crippen molar-refractivity contribution in [3.63, 3.8) is 0 Å². The molecule has 5 nitrogen and oxygen atoms in total. The number of hydrogen-bond donors (Lipinski definition) is 1. The minimum Gasteiger partial charge on any atom is -0.479 e. The lowest BCUT2D eigenvalue weighted by molar-refractivity contribution is -0.155. The molecule has 0 aromatic carbocycles. The Morgan fingerprint density at radius 2 is 2.06 bits per heavy atom. The van der Waals surface area contributed by atoms with Crippen LogP contribution in [0.25, 0.3) is 0 Å². The van der Waals surface area contributed by atoms with Crippen LogP contribution in [0.5, 0.6) is 0 Å². The molecule has 2 saturated carbocycles.